The van der Waals surface area contributed by atoms with E-state index in [9.17, 15) is 14.0 Å². The number of rotatable bonds is 3. The van der Waals surface area contributed by atoms with Crippen molar-refractivity contribution in [2.45, 2.75) is 25.8 Å². The maximum absolute atomic E-state index is 13.1. The van der Waals surface area contributed by atoms with E-state index in [0.29, 0.717) is 24.4 Å². The maximum atomic E-state index is 13.1. The Balaban J connectivity index is 1.91. The molecule has 1 fully saturated rings. The molecular weight excluding hydrogens is 313 g/mol. The van der Waals surface area contributed by atoms with E-state index >= 15 is 0 Å². The number of amides is 2. The highest BCUT2D eigenvalue weighted by Crippen LogP contribution is 2.26. The summed E-state index contributed by atoms with van der Waals surface area (Å²) in [6, 6.07) is 6.34. The van der Waals surface area contributed by atoms with Gasteiger partial charge in [-0.15, -0.1) is 0 Å². The van der Waals surface area contributed by atoms with Crippen molar-refractivity contribution in [3.05, 3.63) is 53.2 Å². The van der Waals surface area contributed by atoms with E-state index < -0.39 is 11.9 Å². The fraction of sp³-hybridized carbons (Fsp3) is 0.353. The number of carbonyl (C=O) groups excluding carboxylic acids is 2. The van der Waals surface area contributed by atoms with Gasteiger partial charge in [0.1, 0.15) is 17.6 Å². The molecule has 0 spiro atoms. The molecule has 2 amide bonds. The monoisotopic (exact) mass is 331 g/mol. The van der Waals surface area contributed by atoms with Gasteiger partial charge in [-0.25, -0.2) is 4.39 Å². The third-order valence-electron chi connectivity index (χ3n) is 3.98. The molecule has 0 saturated carbocycles. The van der Waals surface area contributed by atoms with Gasteiger partial charge < -0.3 is 14.7 Å². The number of aromatic nitrogens is 1. The summed E-state index contributed by atoms with van der Waals surface area (Å²) in [6.45, 7) is 4.57. The maximum Gasteiger partial charge on any atom is 0.277 e. The van der Waals surface area contributed by atoms with Crippen LogP contribution in [0.3, 0.4) is 0 Å². The van der Waals surface area contributed by atoms with Gasteiger partial charge in [0.05, 0.1) is 0 Å². The van der Waals surface area contributed by atoms with Gasteiger partial charge in [0, 0.05) is 25.1 Å². The Morgan fingerprint density at radius 2 is 2.08 bits per heavy atom. The number of hydrogen-bond acceptors (Lipinski definition) is 4. The molecule has 1 N–H and O–H groups in total. The van der Waals surface area contributed by atoms with Crippen LogP contribution in [0.25, 0.3) is 0 Å². The van der Waals surface area contributed by atoms with Crippen molar-refractivity contribution in [2.75, 3.05) is 13.1 Å². The molecule has 2 aromatic rings. The zero-order chi connectivity index (χ0) is 17.3. The van der Waals surface area contributed by atoms with Crippen LogP contribution < -0.4 is 5.32 Å². The van der Waals surface area contributed by atoms with E-state index in [4.69, 9.17) is 4.52 Å². The average molecular weight is 331 g/mol. The summed E-state index contributed by atoms with van der Waals surface area (Å²) in [5.41, 5.74) is 0.718. The standard InChI is InChI=1S/C17H18FN3O3/c1-10(2)14-9-13(20-24-14)17(23)21-8-7-19-16(22)15(21)11-3-5-12(18)6-4-11/h3-6,9-10,15H,7-8H2,1-2H3,(H,19,22)/t15-/m1/s1. The van der Waals surface area contributed by atoms with Crippen LogP contribution in [-0.4, -0.2) is 35.0 Å². The molecular formula is C17H18FN3O3. The predicted octanol–water partition coefficient (Wildman–Crippen LogP) is 2.25. The summed E-state index contributed by atoms with van der Waals surface area (Å²) in [6.07, 6.45) is 0. The van der Waals surface area contributed by atoms with Crippen LogP contribution >= 0.6 is 0 Å². The van der Waals surface area contributed by atoms with Gasteiger partial charge in [0.2, 0.25) is 5.91 Å². The van der Waals surface area contributed by atoms with Crippen LogP contribution in [0.5, 0.6) is 0 Å². The van der Waals surface area contributed by atoms with Crippen LogP contribution in [0.1, 0.15) is 47.6 Å². The molecule has 0 aliphatic carbocycles. The molecule has 0 radical (unpaired) electrons. The molecule has 0 bridgehead atoms. The third-order valence-corrected chi connectivity index (χ3v) is 3.98. The first kappa shape index (κ1) is 16.2. The molecule has 0 unspecified atom stereocenters. The third kappa shape index (κ3) is 3.02. The number of piperazine rings is 1. The fourth-order valence-corrected chi connectivity index (χ4v) is 2.67. The van der Waals surface area contributed by atoms with E-state index in [-0.39, 0.29) is 23.4 Å². The zero-order valence-corrected chi connectivity index (χ0v) is 13.5. The van der Waals surface area contributed by atoms with Crippen LogP contribution in [-0.2, 0) is 4.79 Å². The Bertz CT molecular complexity index is 755. The first-order valence-electron chi connectivity index (χ1n) is 7.78. The summed E-state index contributed by atoms with van der Waals surface area (Å²) in [5.74, 6) is -0.357. The van der Waals surface area contributed by atoms with Crippen molar-refractivity contribution in [1.82, 2.24) is 15.4 Å². The highest BCUT2D eigenvalue weighted by molar-refractivity contribution is 5.97. The van der Waals surface area contributed by atoms with Crippen LogP contribution in [0, 0.1) is 5.82 Å². The summed E-state index contributed by atoms with van der Waals surface area (Å²) in [7, 11) is 0. The number of benzene rings is 1. The topological polar surface area (TPSA) is 75.4 Å². The molecule has 3 rings (SSSR count). The minimum Gasteiger partial charge on any atom is -0.360 e. The smallest absolute Gasteiger partial charge is 0.277 e. The first-order chi connectivity index (χ1) is 11.5. The second kappa shape index (κ2) is 6.43. The van der Waals surface area contributed by atoms with Gasteiger partial charge in [-0.05, 0) is 17.7 Å². The summed E-state index contributed by atoms with van der Waals surface area (Å²) in [5, 5.41) is 6.56. The summed E-state index contributed by atoms with van der Waals surface area (Å²) >= 11 is 0. The van der Waals surface area contributed by atoms with Crippen molar-refractivity contribution in [2.24, 2.45) is 0 Å². The van der Waals surface area contributed by atoms with E-state index in [2.05, 4.69) is 10.5 Å². The van der Waals surface area contributed by atoms with Crippen LogP contribution in [0.15, 0.2) is 34.9 Å². The second-order valence-electron chi connectivity index (χ2n) is 6.01. The molecule has 1 aliphatic rings. The number of halogens is 1. The Morgan fingerprint density at radius 1 is 1.38 bits per heavy atom. The van der Waals surface area contributed by atoms with Gasteiger partial charge >= 0.3 is 0 Å². The van der Waals surface area contributed by atoms with E-state index in [1.165, 1.54) is 29.2 Å². The van der Waals surface area contributed by atoms with Gasteiger partial charge in [0.15, 0.2) is 5.69 Å². The Morgan fingerprint density at radius 3 is 2.71 bits per heavy atom. The zero-order valence-electron chi connectivity index (χ0n) is 13.5. The van der Waals surface area contributed by atoms with E-state index in [1.54, 1.807) is 6.07 Å². The number of nitrogens with zero attached hydrogens (tertiary/aromatic N) is 2. The molecule has 1 aliphatic heterocycles. The molecule has 6 nitrogen and oxygen atoms in total. The number of nitrogens with one attached hydrogen (secondary N) is 1. The Kier molecular flexibility index (Phi) is 4.33. The highest BCUT2D eigenvalue weighted by Gasteiger charge is 2.36. The molecule has 7 heteroatoms. The average Bonchev–Trinajstić information content (AvgIpc) is 3.05. The van der Waals surface area contributed by atoms with Gasteiger partial charge in [-0.3, -0.25) is 9.59 Å². The Labute approximate surface area is 138 Å². The quantitative estimate of drug-likeness (QED) is 0.936. The number of hydrogen-bond donors (Lipinski definition) is 1. The minimum absolute atomic E-state index is 0.108. The fourth-order valence-electron chi connectivity index (χ4n) is 2.67. The lowest BCUT2D eigenvalue weighted by Gasteiger charge is -2.34. The minimum atomic E-state index is -0.814. The van der Waals surface area contributed by atoms with Crippen molar-refractivity contribution < 1.29 is 18.5 Å². The van der Waals surface area contributed by atoms with Crippen LogP contribution in [0.2, 0.25) is 0 Å². The van der Waals surface area contributed by atoms with E-state index in [0.717, 1.165) is 0 Å². The molecule has 24 heavy (non-hydrogen) atoms. The molecule has 1 saturated heterocycles. The van der Waals surface area contributed by atoms with Gasteiger partial charge in [0.25, 0.3) is 5.91 Å². The lowest BCUT2D eigenvalue weighted by Crippen LogP contribution is -2.52. The number of carbonyl (C=O) groups is 2. The molecule has 126 valence electrons. The lowest BCUT2D eigenvalue weighted by atomic mass is 10.0. The molecule has 1 aromatic carbocycles. The Hall–Kier alpha value is -2.70. The lowest BCUT2D eigenvalue weighted by molar-refractivity contribution is -0.128. The van der Waals surface area contributed by atoms with Crippen molar-refractivity contribution in [3.8, 4) is 0 Å². The first-order valence-corrected chi connectivity index (χ1v) is 7.78. The van der Waals surface area contributed by atoms with Crippen molar-refractivity contribution >= 4 is 11.8 Å². The predicted molar refractivity (Wildman–Crippen MR) is 83.8 cm³/mol. The van der Waals surface area contributed by atoms with Gasteiger partial charge in [-0.2, -0.15) is 0 Å². The van der Waals surface area contributed by atoms with Crippen molar-refractivity contribution in [1.29, 1.82) is 0 Å². The van der Waals surface area contributed by atoms with Gasteiger partial charge in [-0.1, -0.05) is 31.1 Å². The second-order valence-corrected chi connectivity index (χ2v) is 6.01. The molecule has 2 heterocycles. The summed E-state index contributed by atoms with van der Waals surface area (Å²) in [4.78, 5) is 26.5. The van der Waals surface area contributed by atoms with E-state index in [1.807, 2.05) is 13.8 Å². The summed E-state index contributed by atoms with van der Waals surface area (Å²) < 4.78 is 18.3. The largest absolute Gasteiger partial charge is 0.360 e. The SMILES string of the molecule is CC(C)c1cc(C(=O)N2CCNC(=O)[C@H]2c2ccc(F)cc2)no1. The molecule has 1 atom stereocenters. The van der Waals surface area contributed by atoms with Crippen molar-refractivity contribution in [3.63, 3.8) is 0 Å². The highest BCUT2D eigenvalue weighted by atomic mass is 19.1. The van der Waals surface area contributed by atoms with Crippen LogP contribution in [0.4, 0.5) is 4.39 Å². The normalized spacial score (nSPS) is 17.9. The molecule has 1 aromatic heterocycles.